The molecule has 3 aliphatic rings. The van der Waals surface area contributed by atoms with E-state index < -0.39 is 29.8 Å². The summed E-state index contributed by atoms with van der Waals surface area (Å²) in [6.45, 7) is 1.92. The Morgan fingerprint density at radius 2 is 1.88 bits per heavy atom. The van der Waals surface area contributed by atoms with Crippen LogP contribution in [0.15, 0.2) is 42.6 Å². The molecule has 0 spiro atoms. The van der Waals surface area contributed by atoms with Crippen molar-refractivity contribution in [3.8, 4) is 0 Å². The van der Waals surface area contributed by atoms with Gasteiger partial charge in [0.2, 0.25) is 0 Å². The second-order valence-corrected chi connectivity index (χ2v) is 9.31. The van der Waals surface area contributed by atoms with E-state index in [2.05, 4.69) is 21.3 Å². The van der Waals surface area contributed by atoms with Crippen LogP contribution >= 0.6 is 0 Å². The summed E-state index contributed by atoms with van der Waals surface area (Å²) in [5.41, 5.74) is 1.48. The van der Waals surface area contributed by atoms with Gasteiger partial charge in [0, 0.05) is 29.9 Å². The van der Waals surface area contributed by atoms with E-state index in [1.165, 1.54) is 6.07 Å². The highest BCUT2D eigenvalue weighted by atomic mass is 19.2. The molecule has 2 aliphatic heterocycles. The van der Waals surface area contributed by atoms with E-state index in [1.807, 2.05) is 18.3 Å². The molecule has 0 unspecified atom stereocenters. The summed E-state index contributed by atoms with van der Waals surface area (Å²) >= 11 is 0. The fraction of sp³-hybridized carbons (Fsp3) is 0.480. The second-order valence-electron chi connectivity index (χ2n) is 9.31. The van der Waals surface area contributed by atoms with Crippen LogP contribution in [0.3, 0.4) is 0 Å². The number of nitrogens with one attached hydrogen (secondary N) is 1. The lowest BCUT2D eigenvalue weighted by Gasteiger charge is -2.36. The molecule has 3 fully saturated rings. The van der Waals surface area contributed by atoms with E-state index in [9.17, 15) is 18.4 Å². The van der Waals surface area contributed by atoms with Gasteiger partial charge in [-0.3, -0.25) is 4.98 Å². The number of nitrogens with zero attached hydrogens (tertiary/aromatic N) is 3. The molecule has 1 N–H and O–H groups in total. The van der Waals surface area contributed by atoms with Gasteiger partial charge in [0.1, 0.15) is 12.6 Å². The lowest BCUT2D eigenvalue weighted by Crippen LogP contribution is -2.46. The number of urea groups is 1. The molecule has 3 heterocycles. The van der Waals surface area contributed by atoms with Crippen molar-refractivity contribution in [2.45, 2.75) is 56.1 Å². The van der Waals surface area contributed by atoms with Gasteiger partial charge in [-0.15, -0.1) is 0 Å². The van der Waals surface area contributed by atoms with Gasteiger partial charge in [-0.1, -0.05) is 12.1 Å². The summed E-state index contributed by atoms with van der Waals surface area (Å²) in [4.78, 5) is 33.2. The Labute approximate surface area is 197 Å². The van der Waals surface area contributed by atoms with Crippen molar-refractivity contribution in [1.29, 1.82) is 0 Å². The van der Waals surface area contributed by atoms with Crippen LogP contribution < -0.4 is 5.32 Å². The molecular formula is C25H28F2N4O3. The molecule has 5 rings (SSSR count). The normalized spacial score (nSPS) is 26.0. The maximum atomic E-state index is 13.7. The number of carbonyl (C=O) groups is 2. The van der Waals surface area contributed by atoms with Crippen molar-refractivity contribution in [3.05, 3.63) is 65.5 Å². The van der Waals surface area contributed by atoms with E-state index in [-0.39, 0.29) is 12.6 Å². The molecule has 2 aromatic rings. The molecule has 9 heteroatoms. The monoisotopic (exact) mass is 470 g/mol. The summed E-state index contributed by atoms with van der Waals surface area (Å²) in [6, 6.07) is 8.42. The quantitative estimate of drug-likeness (QED) is 0.719. The number of rotatable bonds is 4. The molecule has 1 saturated carbocycles. The molecule has 3 atom stereocenters. The number of amides is 3. The molecular weight excluding hydrogens is 442 g/mol. The first-order chi connectivity index (χ1) is 16.5. The fourth-order valence-electron chi connectivity index (χ4n) is 5.45. The van der Waals surface area contributed by atoms with Gasteiger partial charge < -0.3 is 15.0 Å². The Bertz CT molecular complexity index is 1050. The van der Waals surface area contributed by atoms with Crippen molar-refractivity contribution in [3.63, 3.8) is 0 Å². The number of piperidine rings is 1. The largest absolute Gasteiger partial charge is 0.446 e. The van der Waals surface area contributed by atoms with E-state index in [0.717, 1.165) is 67.9 Å². The van der Waals surface area contributed by atoms with E-state index in [4.69, 9.17) is 4.74 Å². The predicted octanol–water partition coefficient (Wildman–Crippen LogP) is 4.36. The Kier molecular flexibility index (Phi) is 6.45. The number of carbonyl (C=O) groups excluding carboxylic acids is 2. The zero-order chi connectivity index (χ0) is 23.7. The number of imide groups is 1. The minimum atomic E-state index is -1.03. The lowest BCUT2D eigenvalue weighted by atomic mass is 9.92. The molecule has 1 aromatic carbocycles. The summed E-state index contributed by atoms with van der Waals surface area (Å²) in [5.74, 6) is -1.52. The van der Waals surface area contributed by atoms with Crippen molar-refractivity contribution in [2.75, 3.05) is 19.7 Å². The maximum Gasteiger partial charge on any atom is 0.418 e. The molecule has 7 nitrogen and oxygen atoms in total. The Morgan fingerprint density at radius 1 is 1.06 bits per heavy atom. The number of hydrogen-bond acceptors (Lipinski definition) is 5. The average Bonchev–Trinajstić information content (AvgIpc) is 3.48. The van der Waals surface area contributed by atoms with Crippen LogP contribution in [0.4, 0.5) is 18.4 Å². The minimum absolute atomic E-state index is 0.0509. The molecule has 1 aliphatic carbocycles. The van der Waals surface area contributed by atoms with Crippen LogP contribution in [0.2, 0.25) is 0 Å². The van der Waals surface area contributed by atoms with E-state index in [0.29, 0.717) is 17.5 Å². The van der Waals surface area contributed by atoms with Crippen LogP contribution in [-0.4, -0.2) is 58.7 Å². The number of hydrogen-bond donors (Lipinski definition) is 1. The van der Waals surface area contributed by atoms with Crippen LogP contribution in [0.5, 0.6) is 0 Å². The Hall–Kier alpha value is -3.07. The SMILES string of the molecule is O=C(N[C@@H]1CC[C@@H](N2CCC(c3ccccn3)CC2)C1)N1C(=O)OC[C@@H]1c1ccc(F)c(F)c1. The number of benzene rings is 1. The van der Waals surface area contributed by atoms with Gasteiger partial charge in [-0.2, -0.15) is 0 Å². The van der Waals surface area contributed by atoms with Crippen LogP contribution in [0, 0.1) is 11.6 Å². The summed E-state index contributed by atoms with van der Waals surface area (Å²) in [5, 5.41) is 2.96. The minimum Gasteiger partial charge on any atom is -0.446 e. The van der Waals surface area contributed by atoms with Gasteiger partial charge in [-0.05, 0) is 75.0 Å². The van der Waals surface area contributed by atoms with Crippen molar-refractivity contribution in [2.24, 2.45) is 0 Å². The molecule has 180 valence electrons. The van der Waals surface area contributed by atoms with Gasteiger partial charge in [-0.25, -0.2) is 23.3 Å². The zero-order valence-electron chi connectivity index (χ0n) is 18.8. The molecule has 34 heavy (non-hydrogen) atoms. The van der Waals surface area contributed by atoms with Crippen LogP contribution in [0.1, 0.15) is 55.3 Å². The van der Waals surface area contributed by atoms with E-state index >= 15 is 0 Å². The lowest BCUT2D eigenvalue weighted by molar-refractivity contribution is 0.149. The summed E-state index contributed by atoms with van der Waals surface area (Å²) in [6.07, 6.45) is 5.84. The molecule has 2 saturated heterocycles. The highest BCUT2D eigenvalue weighted by Crippen LogP contribution is 2.33. The topological polar surface area (TPSA) is 74.8 Å². The number of aromatic nitrogens is 1. The first kappa shape index (κ1) is 22.7. The van der Waals surface area contributed by atoms with Crippen molar-refractivity contribution >= 4 is 12.1 Å². The first-order valence-electron chi connectivity index (χ1n) is 11.9. The smallest absolute Gasteiger partial charge is 0.418 e. The Morgan fingerprint density at radius 3 is 2.62 bits per heavy atom. The molecule has 1 aromatic heterocycles. The van der Waals surface area contributed by atoms with Crippen LogP contribution in [-0.2, 0) is 4.74 Å². The third kappa shape index (κ3) is 4.61. The summed E-state index contributed by atoms with van der Waals surface area (Å²) < 4.78 is 32.1. The number of pyridine rings is 1. The number of ether oxygens (including phenoxy) is 1. The van der Waals surface area contributed by atoms with Crippen molar-refractivity contribution in [1.82, 2.24) is 20.1 Å². The van der Waals surface area contributed by atoms with Gasteiger partial charge in [0.15, 0.2) is 11.6 Å². The maximum absolute atomic E-state index is 13.7. The number of cyclic esters (lactones) is 1. The fourth-order valence-corrected chi connectivity index (χ4v) is 5.45. The van der Waals surface area contributed by atoms with Gasteiger partial charge in [0.25, 0.3) is 0 Å². The standard InChI is InChI=1S/C25H28F2N4O3/c26-20-7-4-17(13-21(20)27)23-15-34-25(33)31(23)24(32)29-18-5-6-19(14-18)30-11-8-16(9-12-30)22-3-1-2-10-28-22/h1-4,7,10,13,16,18-19,23H,5-6,8-9,11-12,14-15H2,(H,29,32)/t18-,19-,23-/m1/s1. The van der Waals surface area contributed by atoms with Gasteiger partial charge in [0.05, 0.1) is 0 Å². The van der Waals surface area contributed by atoms with Gasteiger partial charge >= 0.3 is 12.1 Å². The molecule has 0 bridgehead atoms. The average molecular weight is 471 g/mol. The molecule has 3 amide bonds. The van der Waals surface area contributed by atoms with Crippen molar-refractivity contribution < 1.29 is 23.1 Å². The predicted molar refractivity (Wildman–Crippen MR) is 120 cm³/mol. The van der Waals surface area contributed by atoms with E-state index in [1.54, 1.807) is 0 Å². The highest BCUT2D eigenvalue weighted by Gasteiger charge is 2.41. The third-order valence-electron chi connectivity index (χ3n) is 7.30. The molecule has 0 radical (unpaired) electrons. The number of halogens is 2. The number of likely N-dealkylation sites (tertiary alicyclic amines) is 1. The second kappa shape index (κ2) is 9.66. The third-order valence-corrected chi connectivity index (χ3v) is 7.30. The summed E-state index contributed by atoms with van der Waals surface area (Å²) in [7, 11) is 0. The zero-order valence-corrected chi connectivity index (χ0v) is 18.8. The highest BCUT2D eigenvalue weighted by molar-refractivity contribution is 5.92. The first-order valence-corrected chi connectivity index (χ1v) is 11.9. The Balaban J connectivity index is 1.16. The van der Waals surface area contributed by atoms with Crippen LogP contribution in [0.25, 0.3) is 0 Å².